The van der Waals surface area contributed by atoms with Gasteiger partial charge in [-0.15, -0.1) is 11.3 Å². The van der Waals surface area contributed by atoms with Gasteiger partial charge >= 0.3 is 0 Å². The molecule has 17 heavy (non-hydrogen) atoms. The Morgan fingerprint density at radius 2 is 2.06 bits per heavy atom. The number of rotatable bonds is 5. The second kappa shape index (κ2) is 6.16. The molecule has 90 valence electrons. The van der Waals surface area contributed by atoms with Crippen LogP contribution in [0.4, 0.5) is 0 Å². The van der Waals surface area contributed by atoms with E-state index in [4.69, 9.17) is 5.11 Å². The molecular weight excluding hydrogens is 254 g/mol. The van der Waals surface area contributed by atoms with Crippen LogP contribution in [0.15, 0.2) is 40.1 Å². The molecule has 1 unspecified atom stereocenters. The van der Waals surface area contributed by atoms with E-state index in [1.165, 1.54) is 11.8 Å². The third-order valence-electron chi connectivity index (χ3n) is 2.16. The van der Waals surface area contributed by atoms with Gasteiger partial charge in [0.2, 0.25) is 0 Å². The summed E-state index contributed by atoms with van der Waals surface area (Å²) in [6.07, 6.45) is -0.677. The van der Waals surface area contributed by atoms with Crippen LogP contribution in [0.5, 0.6) is 0 Å². The topological polar surface area (TPSA) is 53.4 Å². The fourth-order valence-electron chi connectivity index (χ4n) is 1.29. The van der Waals surface area contributed by atoms with Crippen molar-refractivity contribution in [2.24, 2.45) is 0 Å². The van der Waals surface area contributed by atoms with E-state index in [2.05, 4.69) is 4.98 Å². The molecule has 0 aliphatic carbocycles. The smallest absolute Gasteiger partial charge is 0.150 e. The zero-order chi connectivity index (χ0) is 12.1. The largest absolute Gasteiger partial charge is 0.394 e. The van der Waals surface area contributed by atoms with Gasteiger partial charge in [0.05, 0.1) is 18.4 Å². The molecule has 1 heterocycles. The van der Waals surface area contributed by atoms with Crippen LogP contribution < -0.4 is 0 Å². The average Bonchev–Trinajstić information content (AvgIpc) is 2.86. The summed E-state index contributed by atoms with van der Waals surface area (Å²) < 4.78 is 0.913. The molecular formula is C12H13NO2S2. The van der Waals surface area contributed by atoms with E-state index in [-0.39, 0.29) is 6.61 Å². The SMILES string of the molecule is OCC(O)CSc1nc(-c2ccccc2)cs1. The summed E-state index contributed by atoms with van der Waals surface area (Å²) in [6.45, 7) is -0.204. The minimum absolute atomic E-state index is 0.204. The molecule has 0 spiro atoms. The predicted octanol–water partition coefficient (Wildman–Crippen LogP) is 2.26. The molecule has 0 aliphatic rings. The maximum atomic E-state index is 9.25. The normalized spacial score (nSPS) is 12.6. The molecule has 0 fully saturated rings. The van der Waals surface area contributed by atoms with Gasteiger partial charge in [0.25, 0.3) is 0 Å². The lowest BCUT2D eigenvalue weighted by atomic mass is 10.2. The fourth-order valence-corrected chi connectivity index (χ4v) is 3.06. The van der Waals surface area contributed by atoms with Gasteiger partial charge in [-0.05, 0) is 0 Å². The van der Waals surface area contributed by atoms with E-state index in [0.29, 0.717) is 5.75 Å². The fraction of sp³-hybridized carbons (Fsp3) is 0.250. The second-order valence-corrected chi connectivity index (χ2v) is 5.64. The highest BCUT2D eigenvalue weighted by atomic mass is 32.2. The Hall–Kier alpha value is -0.880. The summed E-state index contributed by atoms with van der Waals surface area (Å²) in [7, 11) is 0. The minimum Gasteiger partial charge on any atom is -0.394 e. The van der Waals surface area contributed by atoms with E-state index >= 15 is 0 Å². The Labute approximate surface area is 108 Å². The molecule has 2 N–H and O–H groups in total. The van der Waals surface area contributed by atoms with Gasteiger partial charge in [0.1, 0.15) is 0 Å². The Balaban J connectivity index is 2.01. The first-order chi connectivity index (χ1) is 8.29. The minimum atomic E-state index is -0.677. The maximum Gasteiger partial charge on any atom is 0.150 e. The van der Waals surface area contributed by atoms with E-state index < -0.39 is 6.10 Å². The number of thiazole rings is 1. The molecule has 0 saturated heterocycles. The highest BCUT2D eigenvalue weighted by Crippen LogP contribution is 2.28. The van der Waals surface area contributed by atoms with Crippen molar-refractivity contribution in [1.82, 2.24) is 4.98 Å². The van der Waals surface area contributed by atoms with Gasteiger partial charge in [0, 0.05) is 16.7 Å². The zero-order valence-electron chi connectivity index (χ0n) is 9.11. The molecule has 0 radical (unpaired) electrons. The van der Waals surface area contributed by atoms with Crippen molar-refractivity contribution in [2.75, 3.05) is 12.4 Å². The summed E-state index contributed by atoms with van der Waals surface area (Å²) in [5, 5.41) is 20.0. The zero-order valence-corrected chi connectivity index (χ0v) is 10.7. The summed E-state index contributed by atoms with van der Waals surface area (Å²) in [6, 6.07) is 9.98. The monoisotopic (exact) mass is 267 g/mol. The Bertz CT molecular complexity index is 459. The molecule has 0 saturated carbocycles. The Kier molecular flexibility index (Phi) is 4.56. The van der Waals surface area contributed by atoms with E-state index in [1.54, 1.807) is 11.3 Å². The number of hydrogen-bond acceptors (Lipinski definition) is 5. The molecule has 1 atom stereocenters. The third-order valence-corrected chi connectivity index (χ3v) is 4.33. The van der Waals surface area contributed by atoms with Gasteiger partial charge in [0.15, 0.2) is 4.34 Å². The van der Waals surface area contributed by atoms with E-state index in [1.807, 2.05) is 35.7 Å². The first-order valence-electron chi connectivity index (χ1n) is 5.22. The summed E-state index contributed by atoms with van der Waals surface area (Å²) in [5.41, 5.74) is 2.05. The van der Waals surface area contributed by atoms with Crippen molar-refractivity contribution in [3.8, 4) is 11.3 Å². The molecule has 2 aromatic rings. The van der Waals surface area contributed by atoms with Crippen LogP contribution in [-0.4, -0.2) is 33.7 Å². The molecule has 1 aromatic heterocycles. The van der Waals surface area contributed by atoms with Gasteiger partial charge in [-0.3, -0.25) is 0 Å². The van der Waals surface area contributed by atoms with Gasteiger partial charge in [-0.1, -0.05) is 42.1 Å². The van der Waals surface area contributed by atoms with Crippen molar-refractivity contribution >= 4 is 23.1 Å². The number of aromatic nitrogens is 1. The van der Waals surface area contributed by atoms with Crippen molar-refractivity contribution < 1.29 is 10.2 Å². The standard InChI is InChI=1S/C12H13NO2S2/c14-6-10(15)7-16-12-13-11(8-17-12)9-4-2-1-3-5-9/h1-5,8,10,14-15H,6-7H2. The molecule has 5 heteroatoms. The van der Waals surface area contributed by atoms with Crippen LogP contribution in [0.25, 0.3) is 11.3 Å². The molecule has 3 nitrogen and oxygen atoms in total. The van der Waals surface area contributed by atoms with Gasteiger partial charge in [-0.25, -0.2) is 4.98 Å². The summed E-state index contributed by atoms with van der Waals surface area (Å²) in [4.78, 5) is 4.48. The number of nitrogens with zero attached hydrogens (tertiary/aromatic N) is 1. The second-order valence-electron chi connectivity index (χ2n) is 3.51. The Morgan fingerprint density at radius 1 is 1.29 bits per heavy atom. The van der Waals surface area contributed by atoms with Crippen LogP contribution >= 0.6 is 23.1 Å². The quantitative estimate of drug-likeness (QED) is 0.816. The highest BCUT2D eigenvalue weighted by molar-refractivity contribution is 8.01. The van der Waals surface area contributed by atoms with Crippen molar-refractivity contribution in [3.05, 3.63) is 35.7 Å². The molecule has 0 aliphatic heterocycles. The average molecular weight is 267 g/mol. The van der Waals surface area contributed by atoms with Crippen molar-refractivity contribution in [2.45, 2.75) is 10.4 Å². The molecule has 1 aromatic carbocycles. The van der Waals surface area contributed by atoms with Gasteiger partial charge in [-0.2, -0.15) is 0 Å². The van der Waals surface area contributed by atoms with E-state index in [0.717, 1.165) is 15.6 Å². The lowest BCUT2D eigenvalue weighted by Crippen LogP contribution is -2.14. The number of aliphatic hydroxyl groups excluding tert-OH is 2. The number of aliphatic hydroxyl groups is 2. The predicted molar refractivity (Wildman–Crippen MR) is 71.4 cm³/mol. The van der Waals surface area contributed by atoms with Crippen LogP contribution in [0.2, 0.25) is 0 Å². The summed E-state index contributed by atoms with van der Waals surface area (Å²) >= 11 is 3.02. The molecule has 2 rings (SSSR count). The maximum absolute atomic E-state index is 9.25. The van der Waals surface area contributed by atoms with Crippen LogP contribution in [0, 0.1) is 0 Å². The van der Waals surface area contributed by atoms with Gasteiger partial charge < -0.3 is 10.2 Å². The number of benzene rings is 1. The first-order valence-corrected chi connectivity index (χ1v) is 7.09. The number of hydrogen-bond donors (Lipinski definition) is 2. The molecule has 0 amide bonds. The number of thioether (sulfide) groups is 1. The van der Waals surface area contributed by atoms with Crippen molar-refractivity contribution in [3.63, 3.8) is 0 Å². The van der Waals surface area contributed by atoms with Crippen LogP contribution in [0.3, 0.4) is 0 Å². The Morgan fingerprint density at radius 3 is 2.76 bits per heavy atom. The summed E-state index contributed by atoms with van der Waals surface area (Å²) in [5.74, 6) is 0.470. The van der Waals surface area contributed by atoms with Crippen molar-refractivity contribution in [1.29, 1.82) is 0 Å². The van der Waals surface area contributed by atoms with Crippen LogP contribution in [0.1, 0.15) is 0 Å². The lowest BCUT2D eigenvalue weighted by Gasteiger charge is -2.03. The lowest BCUT2D eigenvalue weighted by molar-refractivity contribution is 0.113. The van der Waals surface area contributed by atoms with E-state index in [9.17, 15) is 5.11 Å². The van der Waals surface area contributed by atoms with Crippen LogP contribution in [-0.2, 0) is 0 Å². The highest BCUT2D eigenvalue weighted by Gasteiger charge is 2.07. The molecule has 0 bridgehead atoms. The first kappa shape index (κ1) is 12.6. The third kappa shape index (κ3) is 3.54.